The fraction of sp³-hybridized carbons (Fsp3) is 0.500. The van der Waals surface area contributed by atoms with Crippen molar-refractivity contribution in [3.8, 4) is 11.8 Å². The summed E-state index contributed by atoms with van der Waals surface area (Å²) in [6, 6.07) is 11.0. The molecule has 0 fully saturated rings. The lowest BCUT2D eigenvalue weighted by Crippen LogP contribution is -2.28. The normalized spacial score (nSPS) is 12.7. The van der Waals surface area contributed by atoms with Crippen molar-refractivity contribution >= 4 is 0 Å². The quantitative estimate of drug-likeness (QED) is 0.781. The molecule has 0 radical (unpaired) electrons. The van der Waals surface area contributed by atoms with Crippen LogP contribution in [0.1, 0.15) is 33.3 Å². The van der Waals surface area contributed by atoms with Crippen LogP contribution < -0.4 is 5.32 Å². The molecule has 0 amide bonds. The second-order valence-electron chi connectivity index (χ2n) is 5.52. The third-order valence-corrected chi connectivity index (χ3v) is 2.39. The molecule has 0 saturated carbocycles. The lowest BCUT2D eigenvalue weighted by molar-refractivity contribution is 0.564. The molecule has 1 rings (SSSR count). The minimum Gasteiger partial charge on any atom is -0.303 e. The van der Waals surface area contributed by atoms with Crippen LogP contribution in [0.4, 0.5) is 0 Å². The van der Waals surface area contributed by atoms with E-state index in [9.17, 15) is 0 Å². The van der Waals surface area contributed by atoms with Crippen LogP contribution >= 0.6 is 0 Å². The lowest BCUT2D eigenvalue weighted by Gasteiger charge is -2.12. The lowest BCUT2D eigenvalue weighted by atomic mass is 9.98. The molecule has 92 valence electrons. The zero-order chi connectivity index (χ0) is 12.7. The van der Waals surface area contributed by atoms with Gasteiger partial charge in [0.05, 0.1) is 6.54 Å². The summed E-state index contributed by atoms with van der Waals surface area (Å²) in [6.07, 6.45) is 1.05. The van der Waals surface area contributed by atoms with Crippen LogP contribution in [0.5, 0.6) is 0 Å². The predicted octanol–water partition coefficient (Wildman–Crippen LogP) is 3.26. The van der Waals surface area contributed by atoms with Crippen molar-refractivity contribution in [2.45, 2.75) is 40.2 Å². The first-order valence-corrected chi connectivity index (χ1v) is 6.25. The van der Waals surface area contributed by atoms with E-state index in [2.05, 4.69) is 75.2 Å². The summed E-state index contributed by atoms with van der Waals surface area (Å²) in [5, 5.41) is 3.43. The summed E-state index contributed by atoms with van der Waals surface area (Å²) in [5.74, 6) is 6.41. The van der Waals surface area contributed by atoms with Crippen LogP contribution in [0.15, 0.2) is 30.3 Å². The molecule has 17 heavy (non-hydrogen) atoms. The summed E-state index contributed by atoms with van der Waals surface area (Å²) in [7, 11) is 0. The van der Waals surface area contributed by atoms with Gasteiger partial charge in [-0.2, -0.15) is 0 Å². The van der Waals surface area contributed by atoms with Gasteiger partial charge in [-0.15, -0.1) is 0 Å². The van der Waals surface area contributed by atoms with Gasteiger partial charge in [0.25, 0.3) is 0 Å². The Bertz CT molecular complexity index is 375. The van der Waals surface area contributed by atoms with Crippen molar-refractivity contribution in [3.63, 3.8) is 0 Å². The molecule has 0 aliphatic heterocycles. The number of rotatable bonds is 4. The monoisotopic (exact) mass is 229 g/mol. The van der Waals surface area contributed by atoms with Crippen molar-refractivity contribution < 1.29 is 0 Å². The molecule has 1 heteroatoms. The average molecular weight is 229 g/mol. The van der Waals surface area contributed by atoms with Gasteiger partial charge in [0.15, 0.2) is 0 Å². The fourth-order valence-electron chi connectivity index (χ4n) is 1.57. The van der Waals surface area contributed by atoms with E-state index in [4.69, 9.17) is 0 Å². The molecule has 1 unspecified atom stereocenters. The van der Waals surface area contributed by atoms with Crippen LogP contribution in [0.25, 0.3) is 0 Å². The third-order valence-electron chi connectivity index (χ3n) is 2.39. The molecule has 0 aliphatic carbocycles. The molecular weight excluding hydrogens is 206 g/mol. The third kappa shape index (κ3) is 6.81. The predicted molar refractivity (Wildman–Crippen MR) is 74.8 cm³/mol. The van der Waals surface area contributed by atoms with Crippen molar-refractivity contribution in [3.05, 3.63) is 35.9 Å². The Balaban J connectivity index is 2.31. The summed E-state index contributed by atoms with van der Waals surface area (Å²) < 4.78 is 0. The first kappa shape index (κ1) is 13.8. The van der Waals surface area contributed by atoms with Crippen molar-refractivity contribution in [2.24, 2.45) is 5.41 Å². The Morgan fingerprint density at radius 1 is 1.18 bits per heavy atom. The zero-order valence-corrected chi connectivity index (χ0v) is 11.4. The summed E-state index contributed by atoms with van der Waals surface area (Å²) in [6.45, 7) is 9.37. The van der Waals surface area contributed by atoms with Gasteiger partial charge in [-0.25, -0.2) is 0 Å². The number of benzene rings is 1. The highest BCUT2D eigenvalue weighted by Crippen LogP contribution is 2.09. The Kier molecular flexibility index (Phi) is 5.25. The standard InChI is InChI=1S/C16H23N/c1-14(13-15-9-6-5-7-10-15)17-12-8-11-16(2,3)4/h5-7,9-10,14,17H,12-13H2,1-4H3. The van der Waals surface area contributed by atoms with Gasteiger partial charge in [0.1, 0.15) is 0 Å². The topological polar surface area (TPSA) is 12.0 Å². The van der Waals surface area contributed by atoms with Gasteiger partial charge in [-0.1, -0.05) is 42.2 Å². The van der Waals surface area contributed by atoms with Crippen LogP contribution in [-0.4, -0.2) is 12.6 Å². The van der Waals surface area contributed by atoms with Crippen molar-refractivity contribution in [1.29, 1.82) is 0 Å². The van der Waals surface area contributed by atoms with Crippen LogP contribution in [0.2, 0.25) is 0 Å². The summed E-state index contributed by atoms with van der Waals surface area (Å²) in [5.41, 5.74) is 1.47. The van der Waals surface area contributed by atoms with Crippen molar-refractivity contribution in [1.82, 2.24) is 5.32 Å². The van der Waals surface area contributed by atoms with E-state index < -0.39 is 0 Å². The Morgan fingerprint density at radius 3 is 2.41 bits per heavy atom. The van der Waals surface area contributed by atoms with E-state index in [0.29, 0.717) is 6.04 Å². The van der Waals surface area contributed by atoms with Crippen LogP contribution in [0.3, 0.4) is 0 Å². The second kappa shape index (κ2) is 6.47. The van der Waals surface area contributed by atoms with E-state index in [1.54, 1.807) is 0 Å². The molecule has 1 N–H and O–H groups in total. The Morgan fingerprint density at radius 2 is 1.82 bits per heavy atom. The second-order valence-corrected chi connectivity index (χ2v) is 5.52. The molecule has 0 aromatic heterocycles. The van der Waals surface area contributed by atoms with Gasteiger partial charge in [-0.05, 0) is 39.7 Å². The van der Waals surface area contributed by atoms with Gasteiger partial charge in [-0.3, -0.25) is 0 Å². The number of nitrogens with one attached hydrogen (secondary N) is 1. The van der Waals surface area contributed by atoms with Crippen LogP contribution in [-0.2, 0) is 6.42 Å². The van der Waals surface area contributed by atoms with E-state index in [1.807, 2.05) is 0 Å². The highest BCUT2D eigenvalue weighted by atomic mass is 14.9. The Labute approximate surface area is 106 Å². The highest BCUT2D eigenvalue weighted by molar-refractivity contribution is 5.16. The number of hydrogen-bond acceptors (Lipinski definition) is 1. The summed E-state index contributed by atoms with van der Waals surface area (Å²) in [4.78, 5) is 0. The van der Waals surface area contributed by atoms with Gasteiger partial charge < -0.3 is 5.32 Å². The SMILES string of the molecule is CC(Cc1ccccc1)NCC#CC(C)(C)C. The molecule has 0 heterocycles. The van der Waals surface area contributed by atoms with Gasteiger partial charge in [0.2, 0.25) is 0 Å². The maximum Gasteiger partial charge on any atom is 0.0578 e. The van der Waals surface area contributed by atoms with E-state index in [0.717, 1.165) is 13.0 Å². The minimum atomic E-state index is 0.102. The molecule has 0 aliphatic rings. The average Bonchev–Trinajstić information content (AvgIpc) is 2.25. The smallest absolute Gasteiger partial charge is 0.0578 e. The molecule has 1 aromatic carbocycles. The molecule has 1 atom stereocenters. The van der Waals surface area contributed by atoms with Gasteiger partial charge >= 0.3 is 0 Å². The van der Waals surface area contributed by atoms with Gasteiger partial charge in [0, 0.05) is 11.5 Å². The summed E-state index contributed by atoms with van der Waals surface area (Å²) >= 11 is 0. The van der Waals surface area contributed by atoms with E-state index in [-0.39, 0.29) is 5.41 Å². The fourth-order valence-corrected chi connectivity index (χ4v) is 1.57. The number of hydrogen-bond donors (Lipinski definition) is 1. The van der Waals surface area contributed by atoms with E-state index in [1.165, 1.54) is 5.56 Å². The highest BCUT2D eigenvalue weighted by Gasteiger charge is 2.04. The molecule has 0 bridgehead atoms. The molecule has 1 nitrogen and oxygen atoms in total. The Hall–Kier alpha value is -1.26. The minimum absolute atomic E-state index is 0.102. The maximum absolute atomic E-state index is 3.43. The first-order valence-electron chi connectivity index (χ1n) is 6.25. The first-order chi connectivity index (χ1) is 7.97. The molecule has 0 saturated heterocycles. The van der Waals surface area contributed by atoms with Crippen LogP contribution in [0, 0.1) is 17.3 Å². The largest absolute Gasteiger partial charge is 0.303 e. The molecular formula is C16H23N. The van der Waals surface area contributed by atoms with Crippen molar-refractivity contribution in [2.75, 3.05) is 6.54 Å². The maximum atomic E-state index is 3.43. The van der Waals surface area contributed by atoms with E-state index >= 15 is 0 Å². The molecule has 1 aromatic rings. The zero-order valence-electron chi connectivity index (χ0n) is 11.4. The molecule has 0 spiro atoms.